The molecule has 0 N–H and O–H groups in total. The highest BCUT2D eigenvalue weighted by Crippen LogP contribution is 2.62. The Kier molecular flexibility index (Phi) is 9.62. The topological polar surface area (TPSA) is 142 Å². The van der Waals surface area contributed by atoms with Crippen LogP contribution in [0, 0.1) is 47.3 Å². The van der Waals surface area contributed by atoms with Crippen molar-refractivity contribution in [1.29, 1.82) is 0 Å². The molecule has 2 unspecified atom stereocenters. The number of rotatable bonds is 10. The lowest BCUT2D eigenvalue weighted by molar-refractivity contribution is -0.571. The van der Waals surface area contributed by atoms with Crippen molar-refractivity contribution in [3.05, 3.63) is 0 Å². The highest BCUT2D eigenvalue weighted by Gasteiger charge is 2.70. The maximum atomic E-state index is 13.3. The van der Waals surface area contributed by atoms with Crippen molar-refractivity contribution in [1.82, 2.24) is 0 Å². The van der Waals surface area contributed by atoms with Crippen LogP contribution in [0.1, 0.15) is 112 Å². The Balaban J connectivity index is 0.848. The lowest BCUT2D eigenvalue weighted by Crippen LogP contribution is -2.70. The predicted octanol–water partition coefficient (Wildman–Crippen LogP) is 5.49. The van der Waals surface area contributed by atoms with E-state index in [1.54, 1.807) is 0 Å². The molecule has 10 aliphatic rings. The molecule has 4 bridgehead atoms. The zero-order chi connectivity index (χ0) is 36.2. The van der Waals surface area contributed by atoms with E-state index < -0.39 is 55.0 Å². The Morgan fingerprint density at radius 3 is 1.35 bits per heavy atom. The Bertz CT molecular complexity index is 1430. The summed E-state index contributed by atoms with van der Waals surface area (Å²) in [6.07, 6.45) is 6.27. The number of hydrogen-bond acceptors (Lipinski definition) is 12. The van der Waals surface area contributed by atoms with E-state index in [2.05, 4.69) is 27.7 Å². The lowest BCUT2D eigenvalue weighted by Gasteiger charge is -2.60. The fourth-order valence-electron chi connectivity index (χ4n) is 11.9. The van der Waals surface area contributed by atoms with Crippen LogP contribution < -0.4 is 0 Å². The van der Waals surface area contributed by atoms with E-state index in [4.69, 9.17) is 38.5 Å². The van der Waals surface area contributed by atoms with Crippen LogP contribution in [0.15, 0.2) is 0 Å². The summed E-state index contributed by atoms with van der Waals surface area (Å²) < 4.78 is 79.1. The minimum Gasteiger partial charge on any atom is -0.346 e. The first-order valence-electron chi connectivity index (χ1n) is 19.8. The summed E-state index contributed by atoms with van der Waals surface area (Å²) in [5.41, 5.74) is -1.36. The van der Waals surface area contributed by atoms with Gasteiger partial charge in [-0.3, -0.25) is 0 Å². The van der Waals surface area contributed by atoms with Gasteiger partial charge in [-0.15, -0.1) is 0 Å². The Morgan fingerprint density at radius 1 is 0.529 bits per heavy atom. The molecule has 8 aliphatic heterocycles. The van der Waals surface area contributed by atoms with E-state index in [0.29, 0.717) is 24.7 Å². The zero-order valence-electron chi connectivity index (χ0n) is 31.3. The van der Waals surface area contributed by atoms with Gasteiger partial charge < -0.3 is 18.9 Å². The summed E-state index contributed by atoms with van der Waals surface area (Å²) in [7, 11) is -7.02. The summed E-state index contributed by atoms with van der Waals surface area (Å²) in [4.78, 5) is 24.2. The first-order valence-corrected chi connectivity index (χ1v) is 23.5. The second kappa shape index (κ2) is 13.1. The fourth-order valence-corrected chi connectivity index (χ4v) is 14.9. The summed E-state index contributed by atoms with van der Waals surface area (Å²) >= 11 is 0. The van der Waals surface area contributed by atoms with Gasteiger partial charge in [0.1, 0.15) is 19.7 Å². The average molecular weight is 761 g/mol. The van der Waals surface area contributed by atoms with E-state index in [1.807, 2.05) is 13.8 Å². The highest BCUT2D eigenvalue weighted by molar-refractivity contribution is 7.92. The first-order chi connectivity index (χ1) is 24.0. The molecule has 0 radical (unpaired) electrons. The standard InChI is InChI=1S/C37H60O12S2/c1-22-8-10-28-24(3)30(42-32-36(28)26(22)12-16-34(5,44-32)46-48-36)14-20-50(38,39)18-7-19-51(40,41)21-15-31-25(4)29-11-9-23(2)27-13-17-35(6)45-33(43-31)37(27,29)49-47-35/h22-33H,7-21H2,1-6H3/t22-,23+,24-,25+,26+,27-,28+,29-,30?,31?,32+,33-,34-,35+,36-,37+. The third-order valence-electron chi connectivity index (χ3n) is 14.9. The molecule has 2 spiro atoms. The van der Waals surface area contributed by atoms with E-state index >= 15 is 0 Å². The fraction of sp³-hybridized carbons (Fsp3) is 1.00. The van der Waals surface area contributed by atoms with Gasteiger partial charge >= 0.3 is 0 Å². The largest absolute Gasteiger partial charge is 0.346 e. The molecular weight excluding hydrogens is 701 g/mol. The number of fused-ring (bicyclic) bond motifs is 4. The zero-order valence-corrected chi connectivity index (χ0v) is 32.9. The number of hydrogen-bond donors (Lipinski definition) is 0. The number of sulfone groups is 2. The molecule has 10 fully saturated rings. The van der Waals surface area contributed by atoms with Gasteiger partial charge in [0, 0.05) is 24.7 Å². The summed E-state index contributed by atoms with van der Waals surface area (Å²) in [6.45, 7) is 12.6. The first kappa shape index (κ1) is 37.5. The summed E-state index contributed by atoms with van der Waals surface area (Å²) in [5, 5.41) is 0. The predicted molar refractivity (Wildman–Crippen MR) is 185 cm³/mol. The van der Waals surface area contributed by atoms with E-state index in [-0.39, 0.29) is 77.1 Å². The van der Waals surface area contributed by atoms with Crippen molar-refractivity contribution in [3.8, 4) is 0 Å². The molecule has 2 saturated carbocycles. The van der Waals surface area contributed by atoms with Gasteiger partial charge in [0.05, 0.1) is 35.2 Å². The van der Waals surface area contributed by atoms with Gasteiger partial charge in [-0.05, 0) is 107 Å². The second-order valence-corrected chi connectivity index (χ2v) is 22.7. The monoisotopic (exact) mass is 760 g/mol. The van der Waals surface area contributed by atoms with Crippen molar-refractivity contribution in [2.75, 3.05) is 23.0 Å². The molecule has 292 valence electrons. The minimum absolute atomic E-state index is 0.0594. The normalized spacial score (nSPS) is 52.0. The molecule has 0 amide bonds. The van der Waals surface area contributed by atoms with Gasteiger partial charge in [-0.2, -0.15) is 0 Å². The quantitative estimate of drug-likeness (QED) is 0.260. The summed E-state index contributed by atoms with van der Waals surface area (Å²) in [6, 6.07) is 0. The third-order valence-corrected chi connectivity index (χ3v) is 18.5. The van der Waals surface area contributed by atoms with Gasteiger partial charge in [0.2, 0.25) is 11.6 Å². The SMILES string of the molecule is C[C@@H]1CC[C@H]2[C@@H](C)C(CCS(=O)(=O)CCCS(=O)(=O)CCC3O[C@@H]4O[C@]5(C)CC[C@@H]6[C@@H](C)CC[C@H]([C@@H]3C)[C@]46OO5)O[C@H]3O[C@@]4(C)CC[C@@H]1[C@]32OO4. The van der Waals surface area contributed by atoms with Crippen LogP contribution >= 0.6 is 0 Å². The molecule has 10 rings (SSSR count). The van der Waals surface area contributed by atoms with Crippen LogP contribution in [0.4, 0.5) is 0 Å². The van der Waals surface area contributed by atoms with Crippen LogP contribution in [0.2, 0.25) is 0 Å². The Hall–Kier alpha value is -0.420. The third kappa shape index (κ3) is 6.29. The molecule has 8 saturated heterocycles. The number of ether oxygens (including phenoxy) is 4. The van der Waals surface area contributed by atoms with Gasteiger partial charge in [0.15, 0.2) is 23.8 Å². The maximum absolute atomic E-state index is 13.3. The molecule has 16 atom stereocenters. The molecule has 14 heteroatoms. The highest BCUT2D eigenvalue weighted by atomic mass is 32.2. The van der Waals surface area contributed by atoms with Crippen molar-refractivity contribution in [2.45, 2.75) is 160 Å². The molecular formula is C37H60O12S2. The van der Waals surface area contributed by atoms with Gasteiger partial charge in [0.25, 0.3) is 0 Å². The molecule has 0 aromatic heterocycles. The second-order valence-electron chi connectivity index (χ2n) is 18.1. The van der Waals surface area contributed by atoms with Crippen LogP contribution in [-0.2, 0) is 58.2 Å². The van der Waals surface area contributed by atoms with Crippen LogP contribution in [0.25, 0.3) is 0 Å². The molecule has 2 aliphatic carbocycles. The molecule has 51 heavy (non-hydrogen) atoms. The Labute approximate surface area is 304 Å². The van der Waals surface area contributed by atoms with Crippen molar-refractivity contribution in [3.63, 3.8) is 0 Å². The van der Waals surface area contributed by atoms with E-state index in [0.717, 1.165) is 51.4 Å². The van der Waals surface area contributed by atoms with Gasteiger partial charge in [-0.1, -0.05) is 27.7 Å². The Morgan fingerprint density at radius 2 is 0.941 bits per heavy atom. The maximum Gasteiger partial charge on any atom is 0.201 e. The summed E-state index contributed by atoms with van der Waals surface area (Å²) in [5.74, 6) is -0.460. The minimum atomic E-state index is -3.51. The smallest absolute Gasteiger partial charge is 0.201 e. The van der Waals surface area contributed by atoms with Crippen LogP contribution in [0.5, 0.6) is 0 Å². The average Bonchev–Trinajstić information content (AvgIpc) is 3.44. The van der Waals surface area contributed by atoms with Crippen LogP contribution in [-0.4, -0.2) is 87.4 Å². The molecule has 0 aromatic carbocycles. The molecule has 0 aromatic rings. The van der Waals surface area contributed by atoms with Crippen molar-refractivity contribution in [2.24, 2.45) is 47.3 Å². The van der Waals surface area contributed by atoms with Crippen molar-refractivity contribution < 1.29 is 55.3 Å². The van der Waals surface area contributed by atoms with Crippen LogP contribution in [0.3, 0.4) is 0 Å². The lowest BCUT2D eigenvalue weighted by atomic mass is 9.57. The molecule has 8 heterocycles. The van der Waals surface area contributed by atoms with E-state index in [1.165, 1.54) is 0 Å². The molecule has 12 nitrogen and oxygen atoms in total. The van der Waals surface area contributed by atoms with Gasteiger partial charge in [-0.25, -0.2) is 36.4 Å². The van der Waals surface area contributed by atoms with E-state index in [9.17, 15) is 16.8 Å². The van der Waals surface area contributed by atoms with Crippen molar-refractivity contribution >= 4 is 19.7 Å².